The van der Waals surface area contributed by atoms with Crippen LogP contribution in [0.25, 0.3) is 17.1 Å². The Balaban J connectivity index is 1.49. The molecule has 3 aromatic carbocycles. The molecular formula is C26H25ClN4O3. The van der Waals surface area contributed by atoms with Crippen molar-refractivity contribution in [3.05, 3.63) is 83.4 Å². The normalized spacial score (nSPS) is 10.9. The molecule has 0 bridgehead atoms. The standard InChI is InChI=1S/C26H25ClN4O3/c1-17(2)34-26-29-25(19-6-4-18(3)5-7-19)31(30-26)22-12-10-21(11-13-22)28-24(32)16-33-23-14-8-20(27)9-15-23/h4-15,17H,16H2,1-3H3,(H,28,32). The lowest BCUT2D eigenvalue weighted by atomic mass is 10.1. The summed E-state index contributed by atoms with van der Waals surface area (Å²) in [6, 6.07) is 22.6. The third kappa shape index (κ3) is 5.94. The lowest BCUT2D eigenvalue weighted by Gasteiger charge is -2.09. The van der Waals surface area contributed by atoms with Crippen LogP contribution in [-0.2, 0) is 4.79 Å². The fourth-order valence-electron chi connectivity index (χ4n) is 3.19. The van der Waals surface area contributed by atoms with Gasteiger partial charge in [0.25, 0.3) is 5.91 Å². The maximum Gasteiger partial charge on any atom is 0.336 e. The number of halogens is 1. The molecule has 8 heteroatoms. The maximum atomic E-state index is 12.3. The molecule has 1 heterocycles. The average Bonchev–Trinajstić information content (AvgIpc) is 3.22. The minimum atomic E-state index is -0.267. The number of amides is 1. The highest BCUT2D eigenvalue weighted by atomic mass is 35.5. The number of carbonyl (C=O) groups excluding carboxylic acids is 1. The first kappa shape index (κ1) is 23.3. The van der Waals surface area contributed by atoms with Gasteiger partial charge in [-0.1, -0.05) is 41.4 Å². The van der Waals surface area contributed by atoms with Gasteiger partial charge in [0.15, 0.2) is 12.4 Å². The van der Waals surface area contributed by atoms with Crippen molar-refractivity contribution in [3.8, 4) is 28.8 Å². The fraction of sp³-hybridized carbons (Fsp3) is 0.192. The summed E-state index contributed by atoms with van der Waals surface area (Å²) in [5.74, 6) is 0.976. The summed E-state index contributed by atoms with van der Waals surface area (Å²) in [4.78, 5) is 16.9. The van der Waals surface area contributed by atoms with Gasteiger partial charge in [-0.05, 0) is 69.3 Å². The second kappa shape index (κ2) is 10.4. The molecule has 0 fully saturated rings. The zero-order chi connectivity index (χ0) is 24.1. The minimum Gasteiger partial charge on any atom is -0.484 e. The van der Waals surface area contributed by atoms with E-state index in [0.29, 0.717) is 28.3 Å². The molecule has 0 aliphatic rings. The Morgan fingerprint density at radius 2 is 1.68 bits per heavy atom. The Hall–Kier alpha value is -3.84. The Kier molecular flexibility index (Phi) is 7.13. The van der Waals surface area contributed by atoms with Crippen molar-refractivity contribution in [2.24, 2.45) is 0 Å². The highest BCUT2D eigenvalue weighted by Gasteiger charge is 2.16. The largest absolute Gasteiger partial charge is 0.484 e. The van der Waals surface area contributed by atoms with E-state index in [1.807, 2.05) is 57.2 Å². The van der Waals surface area contributed by atoms with Crippen molar-refractivity contribution in [1.82, 2.24) is 14.8 Å². The van der Waals surface area contributed by atoms with Gasteiger partial charge >= 0.3 is 6.01 Å². The maximum absolute atomic E-state index is 12.3. The number of benzene rings is 3. The van der Waals surface area contributed by atoms with Crippen LogP contribution in [0.4, 0.5) is 5.69 Å². The highest BCUT2D eigenvalue weighted by molar-refractivity contribution is 6.30. The number of aryl methyl sites for hydroxylation is 1. The van der Waals surface area contributed by atoms with Crippen molar-refractivity contribution in [3.63, 3.8) is 0 Å². The molecule has 0 saturated carbocycles. The molecule has 4 rings (SSSR count). The average molecular weight is 477 g/mol. The topological polar surface area (TPSA) is 78.3 Å². The molecule has 0 aliphatic carbocycles. The summed E-state index contributed by atoms with van der Waals surface area (Å²) in [6.45, 7) is 5.79. The summed E-state index contributed by atoms with van der Waals surface area (Å²) in [7, 11) is 0. The number of carbonyl (C=O) groups is 1. The highest BCUT2D eigenvalue weighted by Crippen LogP contribution is 2.25. The van der Waals surface area contributed by atoms with E-state index in [4.69, 9.17) is 21.1 Å². The van der Waals surface area contributed by atoms with Crippen molar-refractivity contribution in [1.29, 1.82) is 0 Å². The second-order valence-electron chi connectivity index (χ2n) is 8.00. The van der Waals surface area contributed by atoms with Crippen LogP contribution in [0.1, 0.15) is 19.4 Å². The zero-order valence-electron chi connectivity index (χ0n) is 19.2. The zero-order valence-corrected chi connectivity index (χ0v) is 19.9. The minimum absolute atomic E-state index is 0.0469. The number of hydrogen-bond acceptors (Lipinski definition) is 5. The predicted octanol–water partition coefficient (Wildman–Crippen LogP) is 5.70. The van der Waals surface area contributed by atoms with Crippen molar-refractivity contribution >= 4 is 23.2 Å². The number of ether oxygens (including phenoxy) is 2. The smallest absolute Gasteiger partial charge is 0.336 e. The van der Waals surface area contributed by atoms with Gasteiger partial charge < -0.3 is 14.8 Å². The first-order chi connectivity index (χ1) is 16.4. The van der Waals surface area contributed by atoms with Crippen LogP contribution in [0.3, 0.4) is 0 Å². The molecule has 174 valence electrons. The van der Waals surface area contributed by atoms with E-state index in [1.165, 1.54) is 0 Å². The first-order valence-corrected chi connectivity index (χ1v) is 11.2. The SMILES string of the molecule is Cc1ccc(-c2nc(OC(C)C)nn2-c2ccc(NC(=O)COc3ccc(Cl)cc3)cc2)cc1. The number of anilines is 1. The van der Waals surface area contributed by atoms with E-state index in [1.54, 1.807) is 41.1 Å². The van der Waals surface area contributed by atoms with E-state index in [-0.39, 0.29) is 18.6 Å². The van der Waals surface area contributed by atoms with Gasteiger partial charge in [0.1, 0.15) is 5.75 Å². The summed E-state index contributed by atoms with van der Waals surface area (Å²) in [6.07, 6.45) is -0.0469. The molecule has 0 radical (unpaired) electrons. The van der Waals surface area contributed by atoms with Crippen LogP contribution in [0.15, 0.2) is 72.8 Å². The van der Waals surface area contributed by atoms with Crippen LogP contribution < -0.4 is 14.8 Å². The Morgan fingerprint density at radius 3 is 2.32 bits per heavy atom. The van der Waals surface area contributed by atoms with E-state index < -0.39 is 0 Å². The van der Waals surface area contributed by atoms with Crippen LogP contribution in [-0.4, -0.2) is 33.4 Å². The second-order valence-corrected chi connectivity index (χ2v) is 8.44. The predicted molar refractivity (Wildman–Crippen MR) is 133 cm³/mol. The lowest BCUT2D eigenvalue weighted by Crippen LogP contribution is -2.20. The number of hydrogen-bond donors (Lipinski definition) is 1. The van der Waals surface area contributed by atoms with Crippen molar-refractivity contribution in [2.45, 2.75) is 26.9 Å². The molecule has 1 N–H and O–H groups in total. The van der Waals surface area contributed by atoms with Gasteiger partial charge in [-0.3, -0.25) is 4.79 Å². The van der Waals surface area contributed by atoms with Crippen LogP contribution in [0, 0.1) is 6.92 Å². The third-order valence-corrected chi connectivity index (χ3v) is 5.07. The molecule has 0 atom stereocenters. The molecule has 4 aromatic rings. The van der Waals surface area contributed by atoms with Crippen LogP contribution in [0.2, 0.25) is 5.02 Å². The Morgan fingerprint density at radius 1 is 1.00 bits per heavy atom. The molecule has 1 amide bonds. The van der Waals surface area contributed by atoms with E-state index >= 15 is 0 Å². The van der Waals surface area contributed by atoms with E-state index in [0.717, 1.165) is 16.8 Å². The summed E-state index contributed by atoms with van der Waals surface area (Å²) in [5.41, 5.74) is 3.52. The molecule has 1 aromatic heterocycles. The van der Waals surface area contributed by atoms with E-state index in [9.17, 15) is 4.79 Å². The summed E-state index contributed by atoms with van der Waals surface area (Å²) >= 11 is 5.86. The van der Waals surface area contributed by atoms with Crippen molar-refractivity contribution < 1.29 is 14.3 Å². The number of nitrogens with one attached hydrogen (secondary N) is 1. The molecule has 0 spiro atoms. The monoisotopic (exact) mass is 476 g/mol. The molecular weight excluding hydrogens is 452 g/mol. The van der Waals surface area contributed by atoms with Crippen LogP contribution >= 0.6 is 11.6 Å². The molecule has 0 unspecified atom stereocenters. The quantitative estimate of drug-likeness (QED) is 0.353. The third-order valence-electron chi connectivity index (χ3n) is 4.82. The van der Waals surface area contributed by atoms with Gasteiger partial charge in [0.2, 0.25) is 0 Å². The summed E-state index contributed by atoms with van der Waals surface area (Å²) in [5, 5.41) is 7.98. The molecule has 0 aliphatic heterocycles. The Labute approximate surface area is 203 Å². The number of rotatable bonds is 8. The van der Waals surface area contributed by atoms with Gasteiger partial charge in [0, 0.05) is 16.3 Å². The number of nitrogens with zero attached hydrogens (tertiary/aromatic N) is 3. The fourth-order valence-corrected chi connectivity index (χ4v) is 3.31. The first-order valence-electron chi connectivity index (χ1n) is 10.9. The van der Waals surface area contributed by atoms with Gasteiger partial charge in [-0.15, -0.1) is 5.10 Å². The van der Waals surface area contributed by atoms with Crippen molar-refractivity contribution in [2.75, 3.05) is 11.9 Å². The molecule has 0 saturated heterocycles. The van der Waals surface area contributed by atoms with Gasteiger partial charge in [0.05, 0.1) is 11.8 Å². The molecule has 7 nitrogen and oxygen atoms in total. The van der Waals surface area contributed by atoms with Gasteiger partial charge in [-0.2, -0.15) is 4.98 Å². The lowest BCUT2D eigenvalue weighted by molar-refractivity contribution is -0.118. The summed E-state index contributed by atoms with van der Waals surface area (Å²) < 4.78 is 12.9. The van der Waals surface area contributed by atoms with Crippen LogP contribution in [0.5, 0.6) is 11.8 Å². The molecule has 34 heavy (non-hydrogen) atoms. The number of aromatic nitrogens is 3. The van der Waals surface area contributed by atoms with E-state index in [2.05, 4.69) is 15.4 Å². The Bertz CT molecular complexity index is 1250. The van der Waals surface area contributed by atoms with Gasteiger partial charge in [-0.25, -0.2) is 4.68 Å².